The molecule has 2 aliphatic heterocycles. The molecule has 176 valence electrons. The van der Waals surface area contributed by atoms with E-state index in [1.807, 2.05) is 4.90 Å². The summed E-state index contributed by atoms with van der Waals surface area (Å²) in [5, 5.41) is 22.5. The molecule has 1 atom stereocenters. The van der Waals surface area contributed by atoms with Gasteiger partial charge in [-0.2, -0.15) is 0 Å². The summed E-state index contributed by atoms with van der Waals surface area (Å²) in [5.41, 5.74) is 0.979. The molecule has 0 radical (unpaired) electrons. The molecule has 0 aromatic heterocycles. The van der Waals surface area contributed by atoms with Crippen LogP contribution in [0.5, 0.6) is 0 Å². The van der Waals surface area contributed by atoms with Crippen LogP contribution in [0.2, 0.25) is 0 Å². The number of rotatable bonds is 8. The van der Waals surface area contributed by atoms with Gasteiger partial charge in [0.2, 0.25) is 23.7 Å². The smallest absolute Gasteiger partial charge is 0.328 e. The van der Waals surface area contributed by atoms with Crippen LogP contribution in [0.15, 0.2) is 34.3 Å². The van der Waals surface area contributed by atoms with Crippen LogP contribution in [0.1, 0.15) is 17.3 Å². The van der Waals surface area contributed by atoms with Gasteiger partial charge < -0.3 is 31.7 Å². The quantitative estimate of drug-likeness (QED) is 0.263. The lowest BCUT2D eigenvalue weighted by Gasteiger charge is -2.21. The number of carbonyl (C=O) groups is 4. The molecular formula is C20H26N8O5. The van der Waals surface area contributed by atoms with Gasteiger partial charge >= 0.3 is 5.97 Å². The number of carboxylic acid groups (broad SMARTS) is 1. The number of aliphatic carboxylic acids is 1. The number of hydrogen-bond acceptors (Lipinski definition) is 9. The Morgan fingerprint density at radius 2 is 2.00 bits per heavy atom. The van der Waals surface area contributed by atoms with E-state index < -0.39 is 29.7 Å². The summed E-state index contributed by atoms with van der Waals surface area (Å²) in [5.74, 6) is -1.47. The number of nitrogens with zero attached hydrogens (tertiary/aromatic N) is 3. The zero-order valence-corrected chi connectivity index (χ0v) is 18.1. The van der Waals surface area contributed by atoms with Gasteiger partial charge in [-0.3, -0.25) is 29.3 Å². The monoisotopic (exact) mass is 458 g/mol. The largest absolute Gasteiger partial charge is 0.480 e. The summed E-state index contributed by atoms with van der Waals surface area (Å²) in [6.45, 7) is 3.35. The van der Waals surface area contributed by atoms with E-state index in [9.17, 15) is 19.2 Å². The van der Waals surface area contributed by atoms with Crippen LogP contribution in [0.25, 0.3) is 0 Å². The predicted octanol–water partition coefficient (Wildman–Crippen LogP) is -1.84. The number of aliphatic imine (C=N–C) groups is 2. The molecule has 3 amide bonds. The van der Waals surface area contributed by atoms with Crippen LogP contribution in [0.3, 0.4) is 0 Å². The molecule has 3 rings (SSSR count). The molecule has 0 unspecified atom stereocenters. The molecule has 0 aliphatic carbocycles. The molecule has 0 bridgehead atoms. The van der Waals surface area contributed by atoms with Crippen molar-refractivity contribution in [1.29, 1.82) is 0 Å². The minimum Gasteiger partial charge on any atom is -0.480 e. The first-order valence-corrected chi connectivity index (χ1v) is 10.4. The SMILES string of the molecule is CC(=O)N[C@@H](CNC(=O)CNC(=O)c1cccc(NC2=NCCN2C2=NCCN2)c1)C(=O)O. The lowest BCUT2D eigenvalue weighted by molar-refractivity contribution is -0.141. The van der Waals surface area contributed by atoms with Crippen molar-refractivity contribution in [3.05, 3.63) is 29.8 Å². The van der Waals surface area contributed by atoms with Gasteiger partial charge in [0.15, 0.2) is 0 Å². The second-order valence-electron chi connectivity index (χ2n) is 7.27. The van der Waals surface area contributed by atoms with Crippen molar-refractivity contribution >= 4 is 41.3 Å². The normalized spacial score (nSPS) is 15.6. The van der Waals surface area contributed by atoms with Crippen molar-refractivity contribution in [1.82, 2.24) is 26.2 Å². The molecule has 1 aromatic carbocycles. The van der Waals surface area contributed by atoms with Crippen molar-refractivity contribution in [2.75, 3.05) is 44.6 Å². The van der Waals surface area contributed by atoms with E-state index in [-0.39, 0.29) is 13.1 Å². The van der Waals surface area contributed by atoms with E-state index in [0.29, 0.717) is 36.8 Å². The molecule has 6 N–H and O–H groups in total. The summed E-state index contributed by atoms with van der Waals surface area (Å²) in [4.78, 5) is 57.3. The number of hydrogen-bond donors (Lipinski definition) is 6. The maximum atomic E-state index is 12.5. The van der Waals surface area contributed by atoms with Crippen LogP contribution in [0.4, 0.5) is 5.69 Å². The Balaban J connectivity index is 1.50. The fourth-order valence-corrected chi connectivity index (χ4v) is 3.18. The molecule has 0 saturated heterocycles. The van der Waals surface area contributed by atoms with Gasteiger partial charge in [-0.05, 0) is 18.2 Å². The summed E-state index contributed by atoms with van der Waals surface area (Å²) in [7, 11) is 0. The van der Waals surface area contributed by atoms with Crippen molar-refractivity contribution in [3.63, 3.8) is 0 Å². The van der Waals surface area contributed by atoms with Crippen molar-refractivity contribution in [2.45, 2.75) is 13.0 Å². The topological polar surface area (TPSA) is 177 Å². The second-order valence-corrected chi connectivity index (χ2v) is 7.27. The summed E-state index contributed by atoms with van der Waals surface area (Å²) in [6.07, 6.45) is 0. The highest BCUT2D eigenvalue weighted by molar-refractivity contribution is 6.07. The Morgan fingerprint density at radius 1 is 1.18 bits per heavy atom. The number of guanidine groups is 2. The molecule has 0 fully saturated rings. The average molecular weight is 458 g/mol. The Bertz CT molecular complexity index is 992. The van der Waals surface area contributed by atoms with E-state index >= 15 is 0 Å². The third-order valence-corrected chi connectivity index (χ3v) is 4.72. The first-order valence-electron chi connectivity index (χ1n) is 10.4. The van der Waals surface area contributed by atoms with E-state index in [2.05, 4.69) is 36.6 Å². The Kier molecular flexibility index (Phi) is 7.78. The summed E-state index contributed by atoms with van der Waals surface area (Å²) >= 11 is 0. The van der Waals surface area contributed by atoms with Gasteiger partial charge in [0.1, 0.15) is 6.04 Å². The van der Waals surface area contributed by atoms with Gasteiger partial charge in [-0.15, -0.1) is 0 Å². The minimum atomic E-state index is -1.28. The molecule has 13 nitrogen and oxygen atoms in total. The predicted molar refractivity (Wildman–Crippen MR) is 120 cm³/mol. The third kappa shape index (κ3) is 6.66. The van der Waals surface area contributed by atoms with Crippen LogP contribution in [-0.2, 0) is 14.4 Å². The number of nitrogens with one attached hydrogen (secondary N) is 5. The standard InChI is InChI=1S/C20H26N8O5/c1-12(29)26-15(18(32)33)10-24-16(30)11-25-17(31)13-3-2-4-14(9-13)27-20-23-7-8-28(20)19-21-5-6-22-19/h2-4,9,15H,5-8,10-11H2,1H3,(H,21,22)(H,23,27)(H,24,30)(H,25,31)(H,26,29)(H,32,33)/t15-/m0/s1. The van der Waals surface area contributed by atoms with Gasteiger partial charge in [0.25, 0.3) is 5.91 Å². The van der Waals surface area contributed by atoms with E-state index in [1.54, 1.807) is 24.3 Å². The summed E-state index contributed by atoms with van der Waals surface area (Å²) in [6, 6.07) is 5.47. The van der Waals surface area contributed by atoms with Gasteiger partial charge in [-0.25, -0.2) is 4.79 Å². The number of benzene rings is 1. The van der Waals surface area contributed by atoms with Crippen molar-refractivity contribution in [2.24, 2.45) is 9.98 Å². The number of anilines is 1. The molecule has 1 aromatic rings. The van der Waals surface area contributed by atoms with Crippen molar-refractivity contribution < 1.29 is 24.3 Å². The Hall–Kier alpha value is -4.16. The highest BCUT2D eigenvalue weighted by Crippen LogP contribution is 2.14. The van der Waals surface area contributed by atoms with Crippen LogP contribution >= 0.6 is 0 Å². The molecule has 0 spiro atoms. The maximum Gasteiger partial charge on any atom is 0.328 e. The molecule has 13 heteroatoms. The average Bonchev–Trinajstić information content (AvgIpc) is 3.46. The number of carboxylic acids is 1. The van der Waals surface area contributed by atoms with E-state index in [0.717, 1.165) is 12.5 Å². The molecular weight excluding hydrogens is 432 g/mol. The van der Waals surface area contributed by atoms with Gasteiger partial charge in [0, 0.05) is 37.8 Å². The highest BCUT2D eigenvalue weighted by Gasteiger charge is 2.24. The number of carbonyl (C=O) groups excluding carboxylic acids is 3. The zero-order chi connectivity index (χ0) is 23.8. The highest BCUT2D eigenvalue weighted by atomic mass is 16.4. The second kappa shape index (κ2) is 10.9. The van der Waals surface area contributed by atoms with Gasteiger partial charge in [0.05, 0.1) is 19.6 Å². The summed E-state index contributed by atoms with van der Waals surface area (Å²) < 4.78 is 0. The fourth-order valence-electron chi connectivity index (χ4n) is 3.18. The minimum absolute atomic E-state index is 0.304. The first kappa shape index (κ1) is 23.5. The number of amides is 3. The van der Waals surface area contributed by atoms with Crippen LogP contribution in [-0.4, -0.2) is 90.9 Å². The van der Waals surface area contributed by atoms with Crippen molar-refractivity contribution in [3.8, 4) is 0 Å². The van der Waals surface area contributed by atoms with E-state index in [4.69, 9.17) is 5.11 Å². The first-order chi connectivity index (χ1) is 15.8. The zero-order valence-electron chi connectivity index (χ0n) is 18.1. The lowest BCUT2D eigenvalue weighted by Crippen LogP contribution is -2.49. The molecule has 2 aliphatic rings. The molecule has 2 heterocycles. The van der Waals surface area contributed by atoms with E-state index in [1.165, 1.54) is 6.92 Å². The molecule has 33 heavy (non-hydrogen) atoms. The Labute approximate surface area is 189 Å². The van der Waals surface area contributed by atoms with Gasteiger partial charge in [-0.1, -0.05) is 6.07 Å². The lowest BCUT2D eigenvalue weighted by atomic mass is 10.2. The van der Waals surface area contributed by atoms with Crippen LogP contribution in [0, 0.1) is 0 Å². The third-order valence-electron chi connectivity index (χ3n) is 4.72. The Morgan fingerprint density at radius 3 is 2.70 bits per heavy atom. The maximum absolute atomic E-state index is 12.5. The van der Waals surface area contributed by atoms with Crippen LogP contribution < -0.4 is 26.6 Å². The molecule has 0 saturated carbocycles. The fraction of sp³-hybridized carbons (Fsp3) is 0.400.